The van der Waals surface area contributed by atoms with Crippen LogP contribution in [0.4, 0.5) is 0 Å². The number of hydrogen-bond acceptors (Lipinski definition) is 4. The van der Waals surface area contributed by atoms with Gasteiger partial charge in [-0.15, -0.1) is 11.3 Å². The van der Waals surface area contributed by atoms with Gasteiger partial charge in [0.05, 0.1) is 14.2 Å². The molecule has 0 bridgehead atoms. The maximum absolute atomic E-state index is 13.0. The van der Waals surface area contributed by atoms with Crippen LogP contribution >= 0.6 is 27.3 Å². The summed E-state index contributed by atoms with van der Waals surface area (Å²) >= 11 is 4.83. The smallest absolute Gasteiger partial charge is 0.254 e. The molecule has 0 unspecified atom stereocenters. The van der Waals surface area contributed by atoms with Gasteiger partial charge in [-0.05, 0) is 44.9 Å². The molecule has 1 saturated heterocycles. The number of hydrogen-bond donors (Lipinski definition) is 0. The maximum atomic E-state index is 13.0. The molecule has 5 nitrogen and oxygen atoms in total. The van der Waals surface area contributed by atoms with Crippen molar-refractivity contribution in [2.75, 3.05) is 26.2 Å². The molecule has 1 aliphatic heterocycles. The topological polar surface area (TPSA) is 57.7 Å². The van der Waals surface area contributed by atoms with Crippen LogP contribution in [0, 0.1) is 0 Å². The zero-order valence-corrected chi connectivity index (χ0v) is 17.6. The van der Waals surface area contributed by atoms with Gasteiger partial charge in [-0.2, -0.15) is 4.31 Å². The van der Waals surface area contributed by atoms with Crippen LogP contribution < -0.4 is 0 Å². The van der Waals surface area contributed by atoms with E-state index in [0.29, 0.717) is 36.6 Å². The third-order valence-electron chi connectivity index (χ3n) is 4.70. The van der Waals surface area contributed by atoms with Crippen molar-refractivity contribution < 1.29 is 13.2 Å². The first-order chi connectivity index (χ1) is 12.9. The maximum Gasteiger partial charge on any atom is 0.254 e. The van der Waals surface area contributed by atoms with E-state index in [1.165, 1.54) is 15.6 Å². The van der Waals surface area contributed by atoms with Gasteiger partial charge in [0, 0.05) is 31.6 Å². The van der Waals surface area contributed by atoms with Crippen LogP contribution in [0.2, 0.25) is 0 Å². The summed E-state index contributed by atoms with van der Waals surface area (Å²) in [5.41, 5.74) is 0.637. The molecule has 1 aliphatic rings. The van der Waals surface area contributed by atoms with Crippen LogP contribution in [0.5, 0.6) is 0 Å². The first-order valence-electron chi connectivity index (χ1n) is 8.47. The van der Waals surface area contributed by atoms with E-state index in [1.54, 1.807) is 23.1 Å². The van der Waals surface area contributed by atoms with E-state index in [2.05, 4.69) is 15.9 Å². The van der Waals surface area contributed by atoms with E-state index in [0.717, 1.165) is 14.6 Å². The Kier molecular flexibility index (Phi) is 5.07. The summed E-state index contributed by atoms with van der Waals surface area (Å²) in [6, 6.07) is 14.7. The first-order valence-corrected chi connectivity index (χ1v) is 11.6. The molecule has 0 spiro atoms. The standard InChI is InChI=1S/C19H17BrN2O3S2/c20-18-12-16(13-26-18)19(23)21-7-9-22(10-8-21)27(24,25)17-6-5-14-3-1-2-4-15(14)11-17/h1-6,11-13H,7-10H2. The van der Waals surface area contributed by atoms with Gasteiger partial charge >= 0.3 is 0 Å². The number of rotatable bonds is 3. The largest absolute Gasteiger partial charge is 0.336 e. The summed E-state index contributed by atoms with van der Waals surface area (Å²) in [5.74, 6) is -0.0558. The van der Waals surface area contributed by atoms with E-state index >= 15 is 0 Å². The predicted molar refractivity (Wildman–Crippen MR) is 111 cm³/mol. The summed E-state index contributed by atoms with van der Waals surface area (Å²) in [7, 11) is -3.57. The van der Waals surface area contributed by atoms with Crippen LogP contribution in [-0.2, 0) is 10.0 Å². The highest BCUT2D eigenvalue weighted by atomic mass is 79.9. The second kappa shape index (κ2) is 7.35. The molecule has 0 radical (unpaired) electrons. The van der Waals surface area contributed by atoms with Crippen molar-refractivity contribution in [3.63, 3.8) is 0 Å². The molecule has 2 heterocycles. The Bertz CT molecular complexity index is 1100. The molecule has 4 rings (SSSR count). The lowest BCUT2D eigenvalue weighted by Gasteiger charge is -2.34. The molecule has 1 aromatic heterocycles. The average Bonchev–Trinajstić information content (AvgIpc) is 3.13. The molecule has 0 aliphatic carbocycles. The molecule has 0 atom stereocenters. The van der Waals surface area contributed by atoms with Crippen molar-refractivity contribution in [1.29, 1.82) is 0 Å². The summed E-state index contributed by atoms with van der Waals surface area (Å²) < 4.78 is 28.4. The molecule has 0 N–H and O–H groups in total. The SMILES string of the molecule is O=C(c1csc(Br)c1)N1CCN(S(=O)(=O)c2ccc3ccccc3c2)CC1. The average molecular weight is 465 g/mol. The monoisotopic (exact) mass is 464 g/mol. The summed E-state index contributed by atoms with van der Waals surface area (Å²) in [5, 5.41) is 3.72. The Labute approximate surface area is 170 Å². The molecule has 1 fully saturated rings. The molecule has 8 heteroatoms. The number of benzene rings is 2. The number of piperazine rings is 1. The number of sulfonamides is 1. The zero-order valence-electron chi connectivity index (χ0n) is 14.3. The minimum absolute atomic E-state index is 0.0558. The van der Waals surface area contributed by atoms with E-state index in [-0.39, 0.29) is 5.91 Å². The Hall–Kier alpha value is -1.74. The third-order valence-corrected chi connectivity index (χ3v) is 8.10. The van der Waals surface area contributed by atoms with Crippen molar-refractivity contribution in [3.8, 4) is 0 Å². The van der Waals surface area contributed by atoms with Crippen LogP contribution in [0.1, 0.15) is 10.4 Å². The van der Waals surface area contributed by atoms with Crippen molar-refractivity contribution in [2.24, 2.45) is 0 Å². The molecule has 2 aromatic carbocycles. The summed E-state index contributed by atoms with van der Waals surface area (Å²) in [4.78, 5) is 14.5. The predicted octanol–water partition coefficient (Wildman–Crippen LogP) is 3.81. The minimum atomic E-state index is -3.57. The first kappa shape index (κ1) is 18.6. The van der Waals surface area contributed by atoms with E-state index < -0.39 is 10.0 Å². The molecule has 140 valence electrons. The molecule has 0 saturated carbocycles. The van der Waals surface area contributed by atoms with E-state index in [4.69, 9.17) is 0 Å². The Morgan fingerprint density at radius 3 is 2.33 bits per heavy atom. The molecule has 27 heavy (non-hydrogen) atoms. The van der Waals surface area contributed by atoms with Gasteiger partial charge in [-0.1, -0.05) is 30.3 Å². The van der Waals surface area contributed by atoms with Gasteiger partial charge in [0.1, 0.15) is 0 Å². The Morgan fingerprint density at radius 2 is 1.67 bits per heavy atom. The highest BCUT2D eigenvalue weighted by molar-refractivity contribution is 9.11. The number of amides is 1. The highest BCUT2D eigenvalue weighted by Gasteiger charge is 2.30. The number of carbonyl (C=O) groups excluding carboxylic acids is 1. The number of halogens is 1. The number of fused-ring (bicyclic) bond motifs is 1. The molecular formula is C19H17BrN2O3S2. The fourth-order valence-electron chi connectivity index (χ4n) is 3.21. The second-order valence-electron chi connectivity index (χ2n) is 6.34. The van der Waals surface area contributed by atoms with Crippen LogP contribution in [0.3, 0.4) is 0 Å². The van der Waals surface area contributed by atoms with Gasteiger partial charge in [-0.25, -0.2) is 8.42 Å². The fourth-order valence-corrected chi connectivity index (χ4v) is 5.80. The molecule has 3 aromatic rings. The van der Waals surface area contributed by atoms with Crippen molar-refractivity contribution in [3.05, 3.63) is 63.3 Å². The van der Waals surface area contributed by atoms with Crippen molar-refractivity contribution in [2.45, 2.75) is 4.90 Å². The van der Waals surface area contributed by atoms with Crippen molar-refractivity contribution in [1.82, 2.24) is 9.21 Å². The number of thiophene rings is 1. The minimum Gasteiger partial charge on any atom is -0.336 e. The van der Waals surface area contributed by atoms with Gasteiger partial charge in [0.25, 0.3) is 5.91 Å². The Morgan fingerprint density at radius 1 is 0.963 bits per heavy atom. The van der Waals surface area contributed by atoms with Crippen LogP contribution in [0.15, 0.2) is 62.6 Å². The highest BCUT2D eigenvalue weighted by Crippen LogP contribution is 2.25. The van der Waals surface area contributed by atoms with Gasteiger partial charge < -0.3 is 4.90 Å². The normalized spacial score (nSPS) is 16.0. The second-order valence-corrected chi connectivity index (χ2v) is 10.6. The van der Waals surface area contributed by atoms with E-state index in [9.17, 15) is 13.2 Å². The summed E-state index contributed by atoms with van der Waals surface area (Å²) in [6.45, 7) is 1.37. The van der Waals surface area contributed by atoms with Crippen LogP contribution in [0.25, 0.3) is 10.8 Å². The lowest BCUT2D eigenvalue weighted by atomic mass is 10.1. The lowest BCUT2D eigenvalue weighted by molar-refractivity contribution is 0.0698. The lowest BCUT2D eigenvalue weighted by Crippen LogP contribution is -2.50. The fraction of sp³-hybridized carbons (Fsp3) is 0.211. The number of carbonyl (C=O) groups is 1. The van der Waals surface area contributed by atoms with Gasteiger partial charge in [0.15, 0.2) is 0 Å². The third kappa shape index (κ3) is 3.67. The molecular weight excluding hydrogens is 448 g/mol. The number of nitrogens with zero attached hydrogens (tertiary/aromatic N) is 2. The van der Waals surface area contributed by atoms with Crippen molar-refractivity contribution >= 4 is 54.0 Å². The quantitative estimate of drug-likeness (QED) is 0.591. The van der Waals surface area contributed by atoms with Crippen LogP contribution in [-0.4, -0.2) is 49.7 Å². The van der Waals surface area contributed by atoms with Gasteiger partial charge in [0.2, 0.25) is 10.0 Å². The Balaban J connectivity index is 1.50. The van der Waals surface area contributed by atoms with Gasteiger partial charge in [-0.3, -0.25) is 4.79 Å². The summed E-state index contributed by atoms with van der Waals surface area (Å²) in [6.07, 6.45) is 0. The zero-order chi connectivity index (χ0) is 19.0. The molecule has 1 amide bonds. The van der Waals surface area contributed by atoms with E-state index in [1.807, 2.05) is 35.7 Å².